The summed E-state index contributed by atoms with van der Waals surface area (Å²) in [5.74, 6) is -0.931. The lowest BCUT2D eigenvalue weighted by molar-refractivity contribution is -0.387. The third-order valence-electron chi connectivity index (χ3n) is 2.69. The molecule has 2 N–H and O–H groups in total. The van der Waals surface area contributed by atoms with Gasteiger partial charge < -0.3 is 9.83 Å². The largest absolute Gasteiger partial charge is 0.481 e. The number of para-hydroxylation sites is 2. The molecule has 108 valence electrons. The number of nitro groups is 1. The molecule has 0 amide bonds. The molecule has 0 aliphatic rings. The molecule has 0 aliphatic carbocycles. The Labute approximate surface area is 125 Å². The van der Waals surface area contributed by atoms with Crippen LogP contribution in [0.2, 0.25) is 0 Å². The molecule has 0 aliphatic heterocycles. The second-order valence-electron chi connectivity index (χ2n) is 4.16. The van der Waals surface area contributed by atoms with E-state index in [4.69, 9.17) is 5.11 Å². The fourth-order valence-electron chi connectivity index (χ4n) is 1.74. The highest BCUT2D eigenvalue weighted by Gasteiger charge is 2.14. The van der Waals surface area contributed by atoms with Gasteiger partial charge >= 0.3 is 5.97 Å². The third-order valence-corrected chi connectivity index (χ3v) is 3.58. The molecule has 7 heteroatoms. The molecular weight excluding hydrogens is 292 g/mol. The maximum Gasteiger partial charge on any atom is 0.307 e. The van der Waals surface area contributed by atoms with E-state index in [1.165, 1.54) is 6.07 Å². The van der Waals surface area contributed by atoms with Crippen molar-refractivity contribution in [3.05, 3.63) is 64.2 Å². The van der Waals surface area contributed by atoms with Crippen molar-refractivity contribution in [3.8, 4) is 0 Å². The topological polar surface area (TPSA) is 92.5 Å². The average molecular weight is 304 g/mol. The molecular formula is C14H12N2O4S. The third kappa shape index (κ3) is 3.96. The number of carboxylic acid groups (broad SMARTS) is 1. The van der Waals surface area contributed by atoms with E-state index in [-0.39, 0.29) is 12.1 Å². The molecule has 0 aromatic heterocycles. The van der Waals surface area contributed by atoms with Gasteiger partial charge in [0.25, 0.3) is 5.69 Å². The highest BCUT2D eigenvalue weighted by atomic mass is 32.2. The Balaban J connectivity index is 2.17. The molecule has 0 heterocycles. The number of hydrogen-bond donors (Lipinski definition) is 2. The van der Waals surface area contributed by atoms with Crippen LogP contribution in [0.4, 0.5) is 11.4 Å². The molecule has 6 nitrogen and oxygen atoms in total. The van der Waals surface area contributed by atoms with E-state index in [1.807, 2.05) is 0 Å². The van der Waals surface area contributed by atoms with Crippen molar-refractivity contribution >= 4 is 29.3 Å². The van der Waals surface area contributed by atoms with Crippen LogP contribution in [0.15, 0.2) is 53.4 Å². The van der Waals surface area contributed by atoms with Crippen molar-refractivity contribution in [2.24, 2.45) is 0 Å². The number of nitro benzene ring substituents is 1. The number of carbonyl (C=O) groups is 1. The van der Waals surface area contributed by atoms with Crippen molar-refractivity contribution in [3.63, 3.8) is 0 Å². The van der Waals surface area contributed by atoms with Gasteiger partial charge in [-0.05, 0) is 29.6 Å². The molecule has 2 aromatic carbocycles. The van der Waals surface area contributed by atoms with Gasteiger partial charge in [-0.3, -0.25) is 14.9 Å². The molecule has 0 spiro atoms. The molecule has 2 aromatic rings. The average Bonchev–Trinajstić information content (AvgIpc) is 2.46. The summed E-state index contributed by atoms with van der Waals surface area (Å²) < 4.78 is 2.98. The van der Waals surface area contributed by atoms with Crippen LogP contribution < -0.4 is 4.72 Å². The Morgan fingerprint density at radius 1 is 1.19 bits per heavy atom. The highest BCUT2D eigenvalue weighted by molar-refractivity contribution is 8.00. The zero-order valence-electron chi connectivity index (χ0n) is 10.9. The lowest BCUT2D eigenvalue weighted by Gasteiger charge is -2.10. The second kappa shape index (κ2) is 6.76. The minimum Gasteiger partial charge on any atom is -0.481 e. The van der Waals surface area contributed by atoms with Gasteiger partial charge in [0.1, 0.15) is 4.90 Å². The van der Waals surface area contributed by atoms with E-state index in [0.717, 1.165) is 11.9 Å². The fourth-order valence-corrected chi connectivity index (χ4v) is 2.55. The lowest BCUT2D eigenvalue weighted by Crippen LogP contribution is -2.03. The summed E-state index contributed by atoms with van der Waals surface area (Å²) in [7, 11) is 0. The standard InChI is InChI=1S/C14H12N2O4S/c17-14(18)9-10-5-1-2-6-11(10)15-21-13-8-4-3-7-12(13)16(19)20/h1-8,15H,9H2,(H,17,18). The van der Waals surface area contributed by atoms with Gasteiger partial charge in [0.2, 0.25) is 0 Å². The van der Waals surface area contributed by atoms with Gasteiger partial charge in [-0.1, -0.05) is 30.3 Å². The molecule has 0 saturated heterocycles. The number of nitrogens with zero attached hydrogens (tertiary/aromatic N) is 1. The summed E-state index contributed by atoms with van der Waals surface area (Å²) in [6.45, 7) is 0. The summed E-state index contributed by atoms with van der Waals surface area (Å²) in [6.07, 6.45) is -0.110. The number of rotatable bonds is 6. The van der Waals surface area contributed by atoms with E-state index in [1.54, 1.807) is 42.5 Å². The van der Waals surface area contributed by atoms with Crippen molar-refractivity contribution < 1.29 is 14.8 Å². The Morgan fingerprint density at radius 3 is 2.57 bits per heavy atom. The SMILES string of the molecule is O=C(O)Cc1ccccc1NSc1ccccc1[N+](=O)[O-]. The minimum atomic E-state index is -0.931. The Kier molecular flexibility index (Phi) is 4.78. The highest BCUT2D eigenvalue weighted by Crippen LogP contribution is 2.30. The number of aliphatic carboxylic acids is 1. The van der Waals surface area contributed by atoms with Gasteiger partial charge in [-0.2, -0.15) is 0 Å². The van der Waals surface area contributed by atoms with Gasteiger partial charge in [0.15, 0.2) is 0 Å². The van der Waals surface area contributed by atoms with E-state index in [0.29, 0.717) is 16.1 Å². The first kappa shape index (κ1) is 14.9. The Bertz CT molecular complexity index is 676. The van der Waals surface area contributed by atoms with Crippen LogP contribution in [0.3, 0.4) is 0 Å². The van der Waals surface area contributed by atoms with E-state index in [9.17, 15) is 14.9 Å². The maximum absolute atomic E-state index is 10.9. The maximum atomic E-state index is 10.9. The van der Waals surface area contributed by atoms with Gasteiger partial charge in [0.05, 0.1) is 11.3 Å². The number of anilines is 1. The molecule has 0 radical (unpaired) electrons. The zero-order valence-corrected chi connectivity index (χ0v) is 11.7. The first-order chi connectivity index (χ1) is 10.1. The monoisotopic (exact) mass is 304 g/mol. The minimum absolute atomic E-state index is 0.00529. The van der Waals surface area contributed by atoms with Crippen LogP contribution in [-0.4, -0.2) is 16.0 Å². The summed E-state index contributed by atoms with van der Waals surface area (Å²) >= 11 is 1.09. The van der Waals surface area contributed by atoms with Crippen LogP contribution in [-0.2, 0) is 11.2 Å². The van der Waals surface area contributed by atoms with Gasteiger partial charge in [-0.25, -0.2) is 0 Å². The van der Waals surface area contributed by atoms with Crippen molar-refractivity contribution in [2.75, 3.05) is 4.72 Å². The van der Waals surface area contributed by atoms with Crippen LogP contribution in [0.25, 0.3) is 0 Å². The summed E-state index contributed by atoms with van der Waals surface area (Å²) in [6, 6.07) is 13.3. The first-order valence-corrected chi connectivity index (χ1v) is 6.85. The Morgan fingerprint density at radius 2 is 1.86 bits per heavy atom. The number of nitrogens with one attached hydrogen (secondary N) is 1. The van der Waals surface area contributed by atoms with E-state index >= 15 is 0 Å². The van der Waals surface area contributed by atoms with Gasteiger partial charge in [-0.15, -0.1) is 0 Å². The van der Waals surface area contributed by atoms with Crippen LogP contribution >= 0.6 is 11.9 Å². The summed E-state index contributed by atoms with van der Waals surface area (Å²) in [4.78, 5) is 21.8. The molecule has 0 bridgehead atoms. The number of carboxylic acids is 1. The molecule has 0 unspecified atom stereocenters. The zero-order chi connectivity index (χ0) is 15.2. The molecule has 0 fully saturated rings. The van der Waals surface area contributed by atoms with Crippen LogP contribution in [0.5, 0.6) is 0 Å². The quantitative estimate of drug-likeness (QED) is 0.483. The normalized spacial score (nSPS) is 10.1. The fraction of sp³-hybridized carbons (Fsp3) is 0.0714. The predicted octanol–water partition coefficient (Wildman–Crippen LogP) is 3.34. The van der Waals surface area contributed by atoms with Crippen LogP contribution in [0, 0.1) is 10.1 Å². The lowest BCUT2D eigenvalue weighted by atomic mass is 10.1. The number of benzene rings is 2. The molecule has 21 heavy (non-hydrogen) atoms. The van der Waals surface area contributed by atoms with E-state index < -0.39 is 10.9 Å². The van der Waals surface area contributed by atoms with Crippen LogP contribution in [0.1, 0.15) is 5.56 Å². The predicted molar refractivity (Wildman–Crippen MR) is 80.4 cm³/mol. The van der Waals surface area contributed by atoms with Crippen molar-refractivity contribution in [1.29, 1.82) is 0 Å². The number of hydrogen-bond acceptors (Lipinski definition) is 5. The molecule has 2 rings (SSSR count). The molecule has 0 saturated carbocycles. The summed E-state index contributed by atoms with van der Waals surface area (Å²) in [5.41, 5.74) is 1.25. The smallest absolute Gasteiger partial charge is 0.307 e. The van der Waals surface area contributed by atoms with Crippen molar-refractivity contribution in [2.45, 2.75) is 11.3 Å². The van der Waals surface area contributed by atoms with Crippen molar-refractivity contribution in [1.82, 2.24) is 0 Å². The first-order valence-electron chi connectivity index (χ1n) is 6.04. The van der Waals surface area contributed by atoms with E-state index in [2.05, 4.69) is 4.72 Å². The summed E-state index contributed by atoms with van der Waals surface area (Å²) in [5, 5.41) is 19.8. The van der Waals surface area contributed by atoms with Gasteiger partial charge in [0, 0.05) is 11.8 Å². The second-order valence-corrected chi connectivity index (χ2v) is 5.00. The Hall–Kier alpha value is -2.54. The molecule has 0 atom stereocenters.